The molecular formula is C14H14CaO8S2. The Bertz CT molecular complexity index is 833. The van der Waals surface area contributed by atoms with E-state index in [0.29, 0.717) is 0 Å². The van der Waals surface area contributed by atoms with Gasteiger partial charge in [-0.2, -0.15) is 0 Å². The van der Waals surface area contributed by atoms with Gasteiger partial charge in [0.2, 0.25) is 0 Å². The Labute approximate surface area is 175 Å². The molecule has 0 radical (unpaired) electrons. The van der Waals surface area contributed by atoms with Gasteiger partial charge in [0.05, 0.1) is 9.79 Å². The van der Waals surface area contributed by atoms with Crippen molar-refractivity contribution in [3.63, 3.8) is 0 Å². The van der Waals surface area contributed by atoms with E-state index in [4.69, 9.17) is 10.2 Å². The molecule has 0 heterocycles. The van der Waals surface area contributed by atoms with Crippen molar-refractivity contribution in [3.8, 4) is 11.5 Å². The van der Waals surface area contributed by atoms with Crippen LogP contribution in [0.5, 0.6) is 11.5 Å². The maximum absolute atomic E-state index is 10.6. The van der Waals surface area contributed by atoms with Crippen LogP contribution in [0.1, 0.15) is 11.1 Å². The Balaban J connectivity index is 0.000000443. The van der Waals surface area contributed by atoms with E-state index < -0.39 is 41.5 Å². The van der Waals surface area contributed by atoms with Crippen LogP contribution < -0.4 is 0 Å². The molecular weight excluding hydrogens is 400 g/mol. The number of aryl methyl sites for hydroxylation is 2. The monoisotopic (exact) mass is 414 g/mol. The molecule has 2 N–H and O–H groups in total. The summed E-state index contributed by atoms with van der Waals surface area (Å²) in [5, 5.41) is 18.1. The molecule has 2 aromatic rings. The average Bonchev–Trinajstić information content (AvgIpc) is 2.35. The number of phenols is 2. The molecule has 0 fully saturated rings. The summed E-state index contributed by atoms with van der Waals surface area (Å²) < 4.78 is 63.4. The number of rotatable bonds is 2. The van der Waals surface area contributed by atoms with E-state index in [9.17, 15) is 25.9 Å². The van der Waals surface area contributed by atoms with Gasteiger partial charge in [-0.15, -0.1) is 0 Å². The van der Waals surface area contributed by atoms with Crippen LogP contribution in [0.25, 0.3) is 0 Å². The van der Waals surface area contributed by atoms with E-state index in [1.54, 1.807) is 0 Å². The van der Waals surface area contributed by atoms with Gasteiger partial charge in [0, 0.05) is 0 Å². The number of hydrogen-bond acceptors (Lipinski definition) is 8. The van der Waals surface area contributed by atoms with E-state index in [-0.39, 0.29) is 48.9 Å². The molecule has 0 aliphatic carbocycles. The van der Waals surface area contributed by atoms with Crippen LogP contribution in [0.4, 0.5) is 0 Å². The van der Waals surface area contributed by atoms with Gasteiger partial charge < -0.3 is 19.3 Å². The van der Waals surface area contributed by atoms with Gasteiger partial charge >= 0.3 is 37.7 Å². The molecule has 25 heavy (non-hydrogen) atoms. The third kappa shape index (κ3) is 6.74. The Kier molecular flexibility index (Phi) is 8.85. The normalized spacial score (nSPS) is 11.0. The van der Waals surface area contributed by atoms with Crippen molar-refractivity contribution in [1.82, 2.24) is 0 Å². The standard InChI is InChI=1S/2C7H8O4S.Ca/c2*1-5-3-2-4-6(8)7(5)12(9,10)11;/h2*2-4,8H,1H3,(H,9,10,11);/q;;+2/p-2. The summed E-state index contributed by atoms with van der Waals surface area (Å²) in [5.41, 5.74) is 0.509. The number of phenolic OH excluding ortho intramolecular Hbond substituents is 2. The smallest absolute Gasteiger partial charge is 0.744 e. The van der Waals surface area contributed by atoms with Crippen molar-refractivity contribution in [3.05, 3.63) is 47.5 Å². The molecule has 0 unspecified atom stereocenters. The van der Waals surface area contributed by atoms with E-state index in [2.05, 4.69) is 0 Å². The van der Waals surface area contributed by atoms with Crippen LogP contribution in [0.2, 0.25) is 0 Å². The zero-order chi connectivity index (χ0) is 18.7. The summed E-state index contributed by atoms with van der Waals surface area (Å²) >= 11 is 0. The van der Waals surface area contributed by atoms with Gasteiger partial charge in [0.25, 0.3) is 0 Å². The minimum Gasteiger partial charge on any atom is -0.744 e. The van der Waals surface area contributed by atoms with Crippen LogP contribution in [-0.2, 0) is 20.2 Å². The fraction of sp³-hybridized carbons (Fsp3) is 0.143. The first kappa shape index (κ1) is 24.1. The Morgan fingerprint density at radius 2 is 1.00 bits per heavy atom. The Morgan fingerprint density at radius 3 is 1.16 bits per heavy atom. The van der Waals surface area contributed by atoms with Crippen molar-refractivity contribution in [2.75, 3.05) is 0 Å². The first-order valence-corrected chi connectivity index (χ1v) is 9.16. The molecule has 0 aromatic heterocycles. The summed E-state index contributed by atoms with van der Waals surface area (Å²) in [5.74, 6) is -0.991. The van der Waals surface area contributed by atoms with Crippen LogP contribution in [0, 0.1) is 13.8 Å². The summed E-state index contributed by atoms with van der Waals surface area (Å²) in [6.07, 6.45) is 0. The SMILES string of the molecule is Cc1cccc(O)c1S(=O)(=O)[O-].Cc1cccc(O)c1S(=O)(=O)[O-].[Ca+2]. The zero-order valence-corrected chi connectivity index (χ0v) is 17.2. The van der Waals surface area contributed by atoms with Crippen LogP contribution >= 0.6 is 0 Å². The molecule has 0 saturated heterocycles. The molecule has 0 aliphatic rings. The second-order valence-corrected chi connectivity index (χ2v) is 7.39. The third-order valence-corrected chi connectivity index (χ3v) is 4.94. The predicted octanol–water partition coefficient (Wildman–Crippen LogP) is 0.829. The minimum atomic E-state index is -4.56. The predicted molar refractivity (Wildman–Crippen MR) is 87.4 cm³/mol. The Morgan fingerprint density at radius 1 is 0.720 bits per heavy atom. The van der Waals surface area contributed by atoms with Gasteiger partial charge in [-0.25, -0.2) is 16.8 Å². The molecule has 8 nitrogen and oxygen atoms in total. The molecule has 0 atom stereocenters. The molecule has 132 valence electrons. The van der Waals surface area contributed by atoms with Crippen LogP contribution in [-0.4, -0.2) is 73.9 Å². The molecule has 0 bridgehead atoms. The van der Waals surface area contributed by atoms with Gasteiger partial charge in [0.15, 0.2) is 0 Å². The van der Waals surface area contributed by atoms with Crippen molar-refractivity contribution in [1.29, 1.82) is 0 Å². The Hall–Kier alpha value is -0.880. The minimum absolute atomic E-state index is 0. The first-order valence-electron chi connectivity index (χ1n) is 6.34. The van der Waals surface area contributed by atoms with E-state index >= 15 is 0 Å². The second kappa shape index (κ2) is 9.17. The van der Waals surface area contributed by atoms with Gasteiger partial charge in [-0.05, 0) is 37.1 Å². The van der Waals surface area contributed by atoms with E-state index in [1.807, 2.05) is 0 Å². The molecule has 2 rings (SSSR count). The van der Waals surface area contributed by atoms with E-state index in [1.165, 1.54) is 38.1 Å². The number of benzene rings is 2. The number of aromatic hydroxyl groups is 2. The van der Waals surface area contributed by atoms with Gasteiger partial charge in [0.1, 0.15) is 31.7 Å². The zero-order valence-electron chi connectivity index (χ0n) is 13.3. The van der Waals surface area contributed by atoms with Crippen molar-refractivity contribution in [2.24, 2.45) is 0 Å². The van der Waals surface area contributed by atoms with Crippen molar-refractivity contribution >= 4 is 58.0 Å². The summed E-state index contributed by atoms with van der Waals surface area (Å²) in [6.45, 7) is 2.90. The van der Waals surface area contributed by atoms with Crippen molar-refractivity contribution in [2.45, 2.75) is 23.6 Å². The maximum atomic E-state index is 10.6. The quantitative estimate of drug-likeness (QED) is 0.541. The van der Waals surface area contributed by atoms with Crippen LogP contribution in [0.15, 0.2) is 46.2 Å². The fourth-order valence-electron chi connectivity index (χ4n) is 1.92. The second-order valence-electron chi connectivity index (χ2n) is 4.75. The summed E-state index contributed by atoms with van der Waals surface area (Å²) in [4.78, 5) is -1.07. The molecule has 0 spiro atoms. The molecule has 2 aromatic carbocycles. The van der Waals surface area contributed by atoms with Crippen molar-refractivity contribution < 1.29 is 36.2 Å². The van der Waals surface area contributed by atoms with Gasteiger partial charge in [-0.1, -0.05) is 24.3 Å². The fourth-order valence-corrected chi connectivity index (χ4v) is 3.50. The molecule has 0 saturated carbocycles. The molecule has 0 amide bonds. The molecule has 11 heteroatoms. The van der Waals surface area contributed by atoms with E-state index in [0.717, 1.165) is 12.1 Å². The average molecular weight is 414 g/mol. The molecule has 0 aliphatic heterocycles. The number of hydrogen-bond donors (Lipinski definition) is 2. The van der Waals surface area contributed by atoms with Crippen LogP contribution in [0.3, 0.4) is 0 Å². The third-order valence-electron chi connectivity index (χ3n) is 2.88. The summed E-state index contributed by atoms with van der Waals surface area (Å²) in [6, 6.07) is 8.17. The topological polar surface area (TPSA) is 155 Å². The maximum Gasteiger partial charge on any atom is 2.00 e. The first-order chi connectivity index (χ1) is 10.9. The summed E-state index contributed by atoms with van der Waals surface area (Å²) in [7, 11) is -9.13. The van der Waals surface area contributed by atoms with Gasteiger partial charge in [-0.3, -0.25) is 0 Å². The largest absolute Gasteiger partial charge is 2.00 e.